The Bertz CT molecular complexity index is 730. The van der Waals surface area contributed by atoms with Gasteiger partial charge in [0.1, 0.15) is 11.0 Å². The first-order valence-electron chi connectivity index (χ1n) is 7.57. The Kier molecular flexibility index (Phi) is 6.51. The highest BCUT2D eigenvalue weighted by Crippen LogP contribution is 2.26. The number of hydrogen-bond acceptors (Lipinski definition) is 4. The molecular weight excluding hydrogens is 392 g/mol. The number of nitrogens with one attached hydrogen (secondary N) is 1. The van der Waals surface area contributed by atoms with Gasteiger partial charge in [-0.2, -0.15) is 0 Å². The quantitative estimate of drug-likeness (QED) is 0.728. The largest absolute Gasteiger partial charge is 0.480 e. The molecule has 1 atom stereocenters. The summed E-state index contributed by atoms with van der Waals surface area (Å²) in [5, 5.41) is 14.4. The third kappa shape index (κ3) is 5.42. The second kappa shape index (κ2) is 8.39. The van der Waals surface area contributed by atoms with Gasteiger partial charge in [-0.25, -0.2) is 9.78 Å². The number of amides is 1. The Hall–Kier alpha value is -1.73. The fourth-order valence-electron chi connectivity index (χ4n) is 2.25. The van der Waals surface area contributed by atoms with Crippen LogP contribution in [-0.2, 0) is 16.0 Å². The molecule has 2 aromatic rings. The molecule has 1 heterocycles. The molecular formula is C17H19BrN2O3S. The van der Waals surface area contributed by atoms with E-state index >= 15 is 0 Å². The van der Waals surface area contributed by atoms with E-state index < -0.39 is 12.0 Å². The Morgan fingerprint density at radius 2 is 2.12 bits per heavy atom. The van der Waals surface area contributed by atoms with Crippen LogP contribution in [0.15, 0.2) is 34.1 Å². The number of carbonyl (C=O) groups is 2. The molecule has 0 fully saturated rings. The van der Waals surface area contributed by atoms with Crippen LogP contribution < -0.4 is 5.32 Å². The zero-order chi connectivity index (χ0) is 17.7. The van der Waals surface area contributed by atoms with E-state index in [0.717, 1.165) is 15.0 Å². The average molecular weight is 411 g/mol. The number of benzene rings is 1. The van der Waals surface area contributed by atoms with Crippen molar-refractivity contribution in [2.75, 3.05) is 0 Å². The predicted molar refractivity (Wildman–Crippen MR) is 98.0 cm³/mol. The van der Waals surface area contributed by atoms with Gasteiger partial charge in [-0.15, -0.1) is 11.3 Å². The molecule has 5 nitrogen and oxygen atoms in total. The van der Waals surface area contributed by atoms with Crippen molar-refractivity contribution in [1.82, 2.24) is 10.3 Å². The molecule has 1 aromatic heterocycles. The van der Waals surface area contributed by atoms with Crippen LogP contribution in [0.4, 0.5) is 0 Å². The molecule has 0 saturated heterocycles. The van der Waals surface area contributed by atoms with E-state index in [4.69, 9.17) is 0 Å². The fraction of sp³-hybridized carbons (Fsp3) is 0.353. The molecule has 0 spiro atoms. The van der Waals surface area contributed by atoms with E-state index in [9.17, 15) is 14.7 Å². The number of aliphatic carboxylic acids is 1. The summed E-state index contributed by atoms with van der Waals surface area (Å²) in [6.45, 7) is 3.85. The lowest BCUT2D eigenvalue weighted by Crippen LogP contribution is -2.42. The summed E-state index contributed by atoms with van der Waals surface area (Å²) < 4.78 is 0.965. The molecule has 7 heteroatoms. The number of halogens is 1. The van der Waals surface area contributed by atoms with E-state index in [1.807, 2.05) is 43.5 Å². The lowest BCUT2D eigenvalue weighted by Gasteiger charge is -2.16. The van der Waals surface area contributed by atoms with E-state index in [1.165, 1.54) is 11.3 Å². The first-order valence-corrected chi connectivity index (χ1v) is 9.25. The number of nitrogens with zero attached hydrogens (tertiary/aromatic N) is 1. The SMILES string of the molecule is CC(C)C[C@H](NC(=O)Cc1csc(-c2cccc(Br)c2)n1)C(=O)O. The second-order valence-electron chi connectivity index (χ2n) is 5.92. The van der Waals surface area contributed by atoms with E-state index in [1.54, 1.807) is 0 Å². The number of rotatable bonds is 7. The molecule has 0 aliphatic heterocycles. The standard InChI is InChI=1S/C17H19BrN2O3S/c1-10(2)6-14(17(22)23)20-15(21)8-13-9-24-16(19-13)11-4-3-5-12(18)7-11/h3-5,7,9-10,14H,6,8H2,1-2H3,(H,20,21)(H,22,23)/t14-/m0/s1. The Balaban J connectivity index is 2.01. The van der Waals surface area contributed by atoms with Gasteiger partial charge in [0, 0.05) is 15.4 Å². The van der Waals surface area contributed by atoms with Crippen molar-refractivity contribution >= 4 is 39.1 Å². The summed E-state index contributed by atoms with van der Waals surface area (Å²) in [7, 11) is 0. The number of carboxylic acid groups (broad SMARTS) is 1. The van der Waals surface area contributed by atoms with Gasteiger partial charge < -0.3 is 10.4 Å². The molecule has 24 heavy (non-hydrogen) atoms. The highest BCUT2D eigenvalue weighted by Gasteiger charge is 2.21. The summed E-state index contributed by atoms with van der Waals surface area (Å²) in [6.07, 6.45) is 0.480. The highest BCUT2D eigenvalue weighted by molar-refractivity contribution is 9.10. The van der Waals surface area contributed by atoms with Crippen molar-refractivity contribution in [1.29, 1.82) is 0 Å². The molecule has 0 unspecified atom stereocenters. The molecule has 0 bridgehead atoms. The van der Waals surface area contributed by atoms with Crippen LogP contribution in [0.3, 0.4) is 0 Å². The van der Waals surface area contributed by atoms with Crippen LogP contribution in [0.25, 0.3) is 10.6 Å². The monoisotopic (exact) mass is 410 g/mol. The van der Waals surface area contributed by atoms with Gasteiger partial charge in [-0.05, 0) is 24.5 Å². The topological polar surface area (TPSA) is 79.3 Å². The van der Waals surface area contributed by atoms with Gasteiger partial charge in [-0.3, -0.25) is 4.79 Å². The maximum atomic E-state index is 12.1. The normalized spacial score (nSPS) is 12.2. The maximum Gasteiger partial charge on any atom is 0.326 e. The van der Waals surface area contributed by atoms with Crippen LogP contribution in [0, 0.1) is 5.92 Å². The van der Waals surface area contributed by atoms with Crippen molar-refractivity contribution in [3.05, 3.63) is 39.8 Å². The summed E-state index contributed by atoms with van der Waals surface area (Å²) in [4.78, 5) is 27.8. The maximum absolute atomic E-state index is 12.1. The van der Waals surface area contributed by atoms with Crippen molar-refractivity contribution in [3.63, 3.8) is 0 Å². The smallest absolute Gasteiger partial charge is 0.326 e. The lowest BCUT2D eigenvalue weighted by molar-refractivity contribution is -0.142. The van der Waals surface area contributed by atoms with E-state index in [-0.39, 0.29) is 18.2 Å². The van der Waals surface area contributed by atoms with Crippen LogP contribution in [-0.4, -0.2) is 28.0 Å². The minimum absolute atomic E-state index is 0.0758. The minimum atomic E-state index is -1.01. The average Bonchev–Trinajstić information content (AvgIpc) is 2.94. The first kappa shape index (κ1) is 18.6. The Labute approximate surface area is 153 Å². The summed E-state index contributed by atoms with van der Waals surface area (Å²) in [5.41, 5.74) is 1.62. The van der Waals surface area contributed by atoms with Crippen LogP contribution in [0.2, 0.25) is 0 Å². The van der Waals surface area contributed by atoms with Gasteiger partial charge >= 0.3 is 5.97 Å². The molecule has 1 aromatic carbocycles. The van der Waals surface area contributed by atoms with Gasteiger partial charge in [0.05, 0.1) is 12.1 Å². The number of hydrogen-bond donors (Lipinski definition) is 2. The van der Waals surface area contributed by atoms with Gasteiger partial charge in [0.15, 0.2) is 0 Å². The zero-order valence-electron chi connectivity index (χ0n) is 13.5. The first-order chi connectivity index (χ1) is 11.3. The zero-order valence-corrected chi connectivity index (χ0v) is 15.9. The molecule has 128 valence electrons. The predicted octanol–water partition coefficient (Wildman–Crippen LogP) is 3.73. The molecule has 0 aliphatic rings. The number of thiazole rings is 1. The van der Waals surface area contributed by atoms with Crippen LogP contribution in [0.5, 0.6) is 0 Å². The van der Waals surface area contributed by atoms with Gasteiger partial charge in [0.25, 0.3) is 0 Å². The van der Waals surface area contributed by atoms with E-state index in [2.05, 4.69) is 26.2 Å². The number of carboxylic acids is 1. The Morgan fingerprint density at radius 3 is 2.75 bits per heavy atom. The molecule has 1 amide bonds. The lowest BCUT2D eigenvalue weighted by atomic mass is 10.0. The van der Waals surface area contributed by atoms with Crippen LogP contribution >= 0.6 is 27.3 Å². The summed E-state index contributed by atoms with van der Waals surface area (Å²) >= 11 is 4.88. The van der Waals surface area contributed by atoms with Gasteiger partial charge in [0.2, 0.25) is 5.91 Å². The molecule has 0 radical (unpaired) electrons. The van der Waals surface area contributed by atoms with Gasteiger partial charge in [-0.1, -0.05) is 41.9 Å². The molecule has 0 saturated carbocycles. The summed E-state index contributed by atoms with van der Waals surface area (Å²) in [5.74, 6) is -1.15. The van der Waals surface area contributed by atoms with E-state index in [0.29, 0.717) is 12.1 Å². The minimum Gasteiger partial charge on any atom is -0.480 e. The van der Waals surface area contributed by atoms with Crippen molar-refractivity contribution < 1.29 is 14.7 Å². The highest BCUT2D eigenvalue weighted by atomic mass is 79.9. The molecule has 0 aliphatic carbocycles. The number of carbonyl (C=O) groups excluding carboxylic acids is 1. The molecule has 2 N–H and O–H groups in total. The van der Waals surface area contributed by atoms with Crippen molar-refractivity contribution in [3.8, 4) is 10.6 Å². The molecule has 2 rings (SSSR count). The number of aromatic nitrogens is 1. The fourth-order valence-corrected chi connectivity index (χ4v) is 3.46. The third-order valence-electron chi connectivity index (χ3n) is 3.31. The van der Waals surface area contributed by atoms with Crippen molar-refractivity contribution in [2.24, 2.45) is 5.92 Å². The van der Waals surface area contributed by atoms with Crippen LogP contribution in [0.1, 0.15) is 26.0 Å². The Morgan fingerprint density at radius 1 is 1.38 bits per heavy atom. The van der Waals surface area contributed by atoms with Crippen molar-refractivity contribution in [2.45, 2.75) is 32.7 Å². The second-order valence-corrected chi connectivity index (χ2v) is 7.69. The third-order valence-corrected chi connectivity index (χ3v) is 4.74. The summed E-state index contributed by atoms with van der Waals surface area (Å²) in [6, 6.07) is 6.92.